The van der Waals surface area contributed by atoms with Crippen LogP contribution in [-0.4, -0.2) is 16.1 Å². The molecule has 0 heterocycles. The number of hydrogen-bond donors (Lipinski definition) is 0. The molecule has 0 bridgehead atoms. The van der Waals surface area contributed by atoms with Crippen molar-refractivity contribution in [1.29, 1.82) is 0 Å². The molecule has 216 valence electrons. The molecule has 6 aromatic rings. The van der Waals surface area contributed by atoms with Crippen LogP contribution in [0.2, 0.25) is 11.1 Å². The third-order valence-electron chi connectivity index (χ3n) is 10.3. The lowest BCUT2D eigenvalue weighted by atomic mass is 9.99. The third-order valence-corrected chi connectivity index (χ3v) is 21.4. The molecule has 0 N–H and O–H groups in total. The maximum absolute atomic E-state index is 2.43. The van der Waals surface area contributed by atoms with Gasteiger partial charge in [-0.15, -0.1) is 0 Å². The summed E-state index contributed by atoms with van der Waals surface area (Å²) in [6, 6.07) is 69.2. The summed E-state index contributed by atoms with van der Waals surface area (Å²) in [5, 5.41) is 9.24. The lowest BCUT2D eigenvalue weighted by Gasteiger charge is -2.48. The van der Waals surface area contributed by atoms with Gasteiger partial charge in [-0.05, 0) is 42.2 Å². The summed E-state index contributed by atoms with van der Waals surface area (Å²) in [6.07, 6.45) is 4.99. The normalized spacial score (nSPS) is 17.2. The van der Waals surface area contributed by atoms with Crippen molar-refractivity contribution in [2.24, 2.45) is 0 Å². The van der Waals surface area contributed by atoms with Gasteiger partial charge in [-0.1, -0.05) is 208 Å². The number of hydrogen-bond acceptors (Lipinski definition) is 0. The summed E-state index contributed by atoms with van der Waals surface area (Å²) in [7, 11) is -4.67. The minimum atomic E-state index is -2.33. The molecule has 0 spiro atoms. The fraction of sp³-hybridized carbons (Fsp3) is 0.143. The Hall–Kier alpha value is -4.25. The monoisotopic (exact) mass is 600 g/mol. The van der Waals surface area contributed by atoms with Gasteiger partial charge in [0.2, 0.25) is 0 Å². The molecular formula is C42H40Si2. The highest BCUT2D eigenvalue weighted by molar-refractivity contribution is 7.13. The predicted octanol–water partition coefficient (Wildman–Crippen LogP) is 6.64. The molecule has 0 atom stereocenters. The Balaban J connectivity index is 1.37. The molecule has 1 saturated carbocycles. The van der Waals surface area contributed by atoms with Crippen LogP contribution < -0.4 is 31.1 Å². The second-order valence-electron chi connectivity index (χ2n) is 12.4. The van der Waals surface area contributed by atoms with E-state index in [-0.39, 0.29) is 0 Å². The first-order chi connectivity index (χ1) is 21.8. The molecule has 0 amide bonds. The smallest absolute Gasteiger partial charge is 0.0624 e. The van der Waals surface area contributed by atoms with Gasteiger partial charge in [0.1, 0.15) is 0 Å². The van der Waals surface area contributed by atoms with Crippen LogP contribution in [0.1, 0.15) is 25.7 Å². The molecule has 0 saturated heterocycles. The topological polar surface area (TPSA) is 0 Å². The van der Waals surface area contributed by atoms with Gasteiger partial charge in [0.15, 0.2) is 16.1 Å². The summed E-state index contributed by atoms with van der Waals surface area (Å²) in [5.74, 6) is 0. The van der Waals surface area contributed by atoms with E-state index in [2.05, 4.69) is 182 Å². The molecule has 1 aliphatic rings. The first kappa shape index (κ1) is 28.5. The SMILES string of the molecule is c1ccc([Si](c2ccccc2)(c2ccccc2)C2CCC([Si](c3ccccc3)(c3ccccc3)c3ccccc3)CC2)cc1. The molecule has 0 aromatic heterocycles. The molecule has 7 rings (SSSR count). The van der Waals surface area contributed by atoms with E-state index < -0.39 is 16.1 Å². The van der Waals surface area contributed by atoms with Crippen molar-refractivity contribution in [2.45, 2.75) is 36.8 Å². The Kier molecular flexibility index (Phi) is 8.28. The fourth-order valence-corrected chi connectivity index (χ4v) is 20.1. The van der Waals surface area contributed by atoms with Gasteiger partial charge < -0.3 is 0 Å². The summed E-state index contributed by atoms with van der Waals surface area (Å²) in [6.45, 7) is 0. The standard InChI is InChI=1S/C42H40Si2/c1-7-19-35(20-8-1)43(36-21-9-2-10-22-36,37-23-11-3-12-24-37)41-31-33-42(34-32-41)44(38-25-13-4-14-26-38,39-27-15-5-16-28-39)40-29-17-6-18-30-40/h1-30,41-42H,31-34H2. The molecule has 6 aromatic carbocycles. The van der Waals surface area contributed by atoms with Crippen LogP contribution >= 0.6 is 0 Å². The molecule has 0 radical (unpaired) electrons. The first-order valence-electron chi connectivity index (χ1n) is 16.2. The van der Waals surface area contributed by atoms with E-state index in [1.165, 1.54) is 25.7 Å². The van der Waals surface area contributed by atoms with Gasteiger partial charge in [0.05, 0.1) is 0 Å². The van der Waals surface area contributed by atoms with Crippen molar-refractivity contribution in [3.05, 3.63) is 182 Å². The largest absolute Gasteiger partial charge is 0.151 e. The Morgan fingerprint density at radius 2 is 0.409 bits per heavy atom. The zero-order valence-electron chi connectivity index (χ0n) is 25.3. The highest BCUT2D eigenvalue weighted by atomic mass is 28.3. The van der Waals surface area contributed by atoms with Crippen molar-refractivity contribution < 1.29 is 0 Å². The van der Waals surface area contributed by atoms with Gasteiger partial charge in [-0.25, -0.2) is 0 Å². The second-order valence-corrected chi connectivity index (χ2v) is 20.7. The van der Waals surface area contributed by atoms with E-state index in [4.69, 9.17) is 0 Å². The molecule has 0 aliphatic heterocycles. The predicted molar refractivity (Wildman–Crippen MR) is 194 cm³/mol. The van der Waals surface area contributed by atoms with E-state index in [1.54, 1.807) is 31.1 Å². The van der Waals surface area contributed by atoms with Gasteiger partial charge in [0.25, 0.3) is 0 Å². The maximum Gasteiger partial charge on any atom is 0.151 e. The Labute approximate surface area is 265 Å². The van der Waals surface area contributed by atoms with Crippen LogP contribution in [0, 0.1) is 0 Å². The van der Waals surface area contributed by atoms with Crippen LogP contribution in [0.3, 0.4) is 0 Å². The zero-order valence-corrected chi connectivity index (χ0v) is 27.3. The van der Waals surface area contributed by atoms with Crippen LogP contribution in [0.15, 0.2) is 182 Å². The van der Waals surface area contributed by atoms with E-state index in [0.717, 1.165) is 0 Å². The van der Waals surface area contributed by atoms with Crippen LogP contribution in [0.25, 0.3) is 0 Å². The minimum absolute atomic E-state index is 0.625. The van der Waals surface area contributed by atoms with Gasteiger partial charge in [-0.2, -0.15) is 0 Å². The van der Waals surface area contributed by atoms with Crippen molar-refractivity contribution in [2.75, 3.05) is 0 Å². The minimum Gasteiger partial charge on any atom is -0.0624 e. The van der Waals surface area contributed by atoms with E-state index in [1.807, 2.05) is 0 Å². The summed E-state index contributed by atoms with van der Waals surface area (Å²) < 4.78 is 0. The summed E-state index contributed by atoms with van der Waals surface area (Å²) >= 11 is 0. The average molecular weight is 601 g/mol. The highest BCUT2D eigenvalue weighted by Crippen LogP contribution is 2.45. The summed E-state index contributed by atoms with van der Waals surface area (Å²) in [5.41, 5.74) is 1.25. The van der Waals surface area contributed by atoms with E-state index >= 15 is 0 Å². The molecule has 1 fully saturated rings. The Bertz CT molecular complexity index is 1400. The van der Waals surface area contributed by atoms with E-state index in [0.29, 0.717) is 11.1 Å². The average Bonchev–Trinajstić information content (AvgIpc) is 3.12. The van der Waals surface area contributed by atoms with Gasteiger partial charge in [-0.3, -0.25) is 0 Å². The van der Waals surface area contributed by atoms with Gasteiger partial charge >= 0.3 is 0 Å². The molecule has 0 nitrogen and oxygen atoms in total. The molecular weight excluding hydrogens is 561 g/mol. The molecule has 1 aliphatic carbocycles. The third kappa shape index (κ3) is 4.93. The first-order valence-corrected chi connectivity index (χ1v) is 20.3. The molecule has 0 unspecified atom stereocenters. The van der Waals surface area contributed by atoms with Crippen LogP contribution in [-0.2, 0) is 0 Å². The lowest BCUT2D eigenvalue weighted by Crippen LogP contribution is -2.72. The summed E-state index contributed by atoms with van der Waals surface area (Å²) in [4.78, 5) is 0. The number of benzene rings is 6. The van der Waals surface area contributed by atoms with Crippen LogP contribution in [0.4, 0.5) is 0 Å². The number of rotatable bonds is 8. The Morgan fingerprint density at radius 3 is 0.568 bits per heavy atom. The molecule has 2 heteroatoms. The quantitative estimate of drug-likeness (QED) is 0.136. The second kappa shape index (κ2) is 12.8. The zero-order chi connectivity index (χ0) is 29.7. The van der Waals surface area contributed by atoms with Crippen molar-refractivity contribution >= 4 is 47.3 Å². The lowest BCUT2D eigenvalue weighted by molar-refractivity contribution is 0.489. The highest BCUT2D eigenvalue weighted by Gasteiger charge is 2.52. The maximum atomic E-state index is 2.43. The van der Waals surface area contributed by atoms with Gasteiger partial charge in [0, 0.05) is 0 Å². The van der Waals surface area contributed by atoms with Crippen molar-refractivity contribution in [3.8, 4) is 0 Å². The van der Waals surface area contributed by atoms with Crippen molar-refractivity contribution in [1.82, 2.24) is 0 Å². The fourth-order valence-electron chi connectivity index (χ4n) is 8.58. The van der Waals surface area contributed by atoms with Crippen LogP contribution in [0.5, 0.6) is 0 Å². The van der Waals surface area contributed by atoms with E-state index in [9.17, 15) is 0 Å². The molecule has 44 heavy (non-hydrogen) atoms. The van der Waals surface area contributed by atoms with Crippen molar-refractivity contribution in [3.63, 3.8) is 0 Å². The Morgan fingerprint density at radius 1 is 0.250 bits per heavy atom.